The molecule has 2 heterocycles. The molecular formula is C25H23N3O8S. The number of benzene rings is 2. The Bertz CT molecular complexity index is 1620. The third-order valence-corrected chi connectivity index (χ3v) is 6.76. The number of thiazole rings is 1. The number of nitrogens with zero attached hydrogens (tertiary/aromatic N) is 3. The molecule has 0 aliphatic carbocycles. The number of nitro groups is 1. The lowest BCUT2D eigenvalue weighted by Crippen LogP contribution is -2.40. The Kier molecular flexibility index (Phi) is 7.11. The van der Waals surface area contributed by atoms with Crippen molar-refractivity contribution in [1.82, 2.24) is 4.57 Å². The molecule has 12 heteroatoms. The van der Waals surface area contributed by atoms with Crippen LogP contribution in [0.3, 0.4) is 0 Å². The molecule has 2 aromatic carbocycles. The summed E-state index contributed by atoms with van der Waals surface area (Å²) >= 11 is 1.02. The Morgan fingerprint density at radius 1 is 1.27 bits per heavy atom. The highest BCUT2D eigenvalue weighted by Gasteiger charge is 2.35. The number of phenolic OH excluding ortho intramolecular Hbond substituents is 1. The van der Waals surface area contributed by atoms with E-state index in [0.717, 1.165) is 17.4 Å². The first-order valence-corrected chi connectivity index (χ1v) is 11.9. The quantitative estimate of drug-likeness (QED) is 0.282. The minimum Gasteiger partial charge on any atom is -0.502 e. The normalized spacial score (nSPS) is 15.1. The molecule has 0 saturated carbocycles. The molecule has 1 atom stereocenters. The zero-order valence-corrected chi connectivity index (χ0v) is 21.2. The number of ether oxygens (including phenoxy) is 3. The number of aromatic nitrogens is 1. The molecule has 0 radical (unpaired) electrons. The van der Waals surface area contributed by atoms with Gasteiger partial charge in [0, 0.05) is 17.2 Å². The number of aromatic hydroxyl groups is 1. The predicted octanol–water partition coefficient (Wildman–Crippen LogP) is 2.43. The summed E-state index contributed by atoms with van der Waals surface area (Å²) in [5.41, 5.74) is 0.0889. The third kappa shape index (κ3) is 4.58. The number of carbonyl (C=O) groups excluding carboxylic acids is 1. The van der Waals surface area contributed by atoms with E-state index in [4.69, 9.17) is 14.2 Å². The van der Waals surface area contributed by atoms with Gasteiger partial charge in [0.25, 0.3) is 5.56 Å². The molecule has 0 spiro atoms. The summed E-state index contributed by atoms with van der Waals surface area (Å²) in [7, 11) is 2.97. The van der Waals surface area contributed by atoms with Gasteiger partial charge in [-0.05, 0) is 38.1 Å². The maximum absolute atomic E-state index is 13.7. The lowest BCUT2D eigenvalue weighted by Gasteiger charge is -2.26. The first-order chi connectivity index (χ1) is 17.7. The molecule has 11 nitrogen and oxygen atoms in total. The fraction of sp³-hybridized carbons (Fsp3) is 0.240. The maximum atomic E-state index is 13.7. The Hall–Kier alpha value is -4.45. The molecule has 1 aliphatic heterocycles. The molecule has 0 saturated heterocycles. The van der Waals surface area contributed by atoms with Gasteiger partial charge < -0.3 is 19.3 Å². The second-order valence-corrected chi connectivity index (χ2v) is 8.89. The summed E-state index contributed by atoms with van der Waals surface area (Å²) in [5, 5.41) is 21.6. The van der Waals surface area contributed by atoms with Gasteiger partial charge in [-0.15, -0.1) is 0 Å². The van der Waals surface area contributed by atoms with Crippen LogP contribution in [0.5, 0.6) is 17.2 Å². The number of hydrogen-bond acceptors (Lipinski definition) is 10. The van der Waals surface area contributed by atoms with Crippen molar-refractivity contribution >= 4 is 29.1 Å². The Balaban J connectivity index is 2.03. The molecule has 4 rings (SSSR count). The van der Waals surface area contributed by atoms with E-state index in [1.54, 1.807) is 32.0 Å². The van der Waals surface area contributed by atoms with Gasteiger partial charge in [0.05, 0.1) is 41.6 Å². The van der Waals surface area contributed by atoms with Crippen LogP contribution in [-0.2, 0) is 9.53 Å². The van der Waals surface area contributed by atoms with E-state index in [-0.39, 0.29) is 22.3 Å². The molecule has 3 aromatic rings. The van der Waals surface area contributed by atoms with Crippen LogP contribution in [0.15, 0.2) is 57.5 Å². The molecule has 192 valence electrons. The fourth-order valence-electron chi connectivity index (χ4n) is 4.09. The van der Waals surface area contributed by atoms with Crippen LogP contribution in [0.25, 0.3) is 6.08 Å². The topological polar surface area (TPSA) is 142 Å². The van der Waals surface area contributed by atoms with Gasteiger partial charge in [0.15, 0.2) is 4.80 Å². The van der Waals surface area contributed by atoms with Gasteiger partial charge in [0.2, 0.25) is 5.75 Å². The van der Waals surface area contributed by atoms with Crippen LogP contribution in [0.2, 0.25) is 0 Å². The maximum Gasteiger partial charge on any atom is 0.338 e. The average molecular weight is 526 g/mol. The third-order valence-electron chi connectivity index (χ3n) is 5.78. The van der Waals surface area contributed by atoms with Crippen molar-refractivity contribution in [3.63, 3.8) is 0 Å². The smallest absolute Gasteiger partial charge is 0.338 e. The van der Waals surface area contributed by atoms with Gasteiger partial charge >= 0.3 is 11.7 Å². The number of para-hydroxylation sites is 1. The second-order valence-electron chi connectivity index (χ2n) is 7.88. The number of hydrogen-bond donors (Lipinski definition) is 1. The highest BCUT2D eigenvalue weighted by atomic mass is 32.1. The molecule has 0 bridgehead atoms. The van der Waals surface area contributed by atoms with Gasteiger partial charge in [0.1, 0.15) is 17.5 Å². The van der Waals surface area contributed by atoms with Crippen LogP contribution in [0.1, 0.15) is 31.0 Å². The lowest BCUT2D eigenvalue weighted by atomic mass is 9.94. The fourth-order valence-corrected chi connectivity index (χ4v) is 5.13. The summed E-state index contributed by atoms with van der Waals surface area (Å²) < 4.78 is 17.7. The summed E-state index contributed by atoms with van der Waals surface area (Å²) in [5.74, 6) is -0.303. The first kappa shape index (κ1) is 25.6. The molecule has 0 fully saturated rings. The lowest BCUT2D eigenvalue weighted by molar-refractivity contribution is -0.385. The van der Waals surface area contributed by atoms with Crippen LogP contribution in [0.4, 0.5) is 5.69 Å². The monoisotopic (exact) mass is 525 g/mol. The second kappa shape index (κ2) is 10.3. The SMILES string of the molecule is CCOC(=O)C1=C(C)N=c2sc(=Cc3cccc([N+](=O)[O-])c3O)c(=O)n2C1c1cc(OC)ccc1OC. The number of allylic oxidation sites excluding steroid dienone is 1. The van der Waals surface area contributed by atoms with Gasteiger partial charge in [-0.25, -0.2) is 9.79 Å². The molecule has 1 aliphatic rings. The molecule has 0 amide bonds. The number of rotatable bonds is 7. The van der Waals surface area contributed by atoms with E-state index in [9.17, 15) is 24.8 Å². The van der Waals surface area contributed by atoms with E-state index in [0.29, 0.717) is 27.6 Å². The van der Waals surface area contributed by atoms with E-state index in [1.807, 2.05) is 0 Å². The minimum atomic E-state index is -0.957. The van der Waals surface area contributed by atoms with E-state index in [1.165, 1.54) is 37.0 Å². The summed E-state index contributed by atoms with van der Waals surface area (Å²) in [6, 6.07) is 8.11. The Morgan fingerprint density at radius 3 is 2.68 bits per heavy atom. The largest absolute Gasteiger partial charge is 0.502 e. The zero-order valence-electron chi connectivity index (χ0n) is 20.4. The summed E-state index contributed by atoms with van der Waals surface area (Å²) in [6.07, 6.45) is 1.36. The van der Waals surface area contributed by atoms with E-state index < -0.39 is 33.9 Å². The number of phenols is 1. The summed E-state index contributed by atoms with van der Waals surface area (Å²) in [6.45, 7) is 3.44. The van der Waals surface area contributed by atoms with Crippen LogP contribution in [-0.4, -0.2) is 41.4 Å². The van der Waals surface area contributed by atoms with Crippen LogP contribution < -0.4 is 24.4 Å². The molecule has 1 unspecified atom stereocenters. The highest BCUT2D eigenvalue weighted by molar-refractivity contribution is 7.07. The van der Waals surface area contributed by atoms with Gasteiger partial charge in [-0.2, -0.15) is 0 Å². The number of esters is 1. The zero-order chi connectivity index (χ0) is 26.9. The Morgan fingerprint density at radius 2 is 2.03 bits per heavy atom. The van der Waals surface area contributed by atoms with Crippen molar-refractivity contribution in [1.29, 1.82) is 0 Å². The minimum absolute atomic E-state index is 0.0938. The van der Waals surface area contributed by atoms with E-state index >= 15 is 0 Å². The van der Waals surface area contributed by atoms with Crippen molar-refractivity contribution in [3.05, 3.63) is 88.6 Å². The van der Waals surface area contributed by atoms with Gasteiger partial charge in [-0.1, -0.05) is 23.5 Å². The van der Waals surface area contributed by atoms with Crippen molar-refractivity contribution in [2.24, 2.45) is 4.99 Å². The highest BCUT2D eigenvalue weighted by Crippen LogP contribution is 2.38. The van der Waals surface area contributed by atoms with Gasteiger partial charge in [-0.3, -0.25) is 19.5 Å². The number of carbonyl (C=O) groups is 1. The summed E-state index contributed by atoms with van der Waals surface area (Å²) in [4.78, 5) is 42.1. The number of methoxy groups -OCH3 is 2. The van der Waals surface area contributed by atoms with E-state index in [2.05, 4.69) is 4.99 Å². The average Bonchev–Trinajstić information content (AvgIpc) is 3.18. The Labute approximate surface area is 214 Å². The van der Waals surface area contributed by atoms with Crippen molar-refractivity contribution < 1.29 is 29.0 Å². The van der Waals surface area contributed by atoms with Crippen molar-refractivity contribution in [3.8, 4) is 17.2 Å². The molecular weight excluding hydrogens is 502 g/mol. The van der Waals surface area contributed by atoms with Crippen molar-refractivity contribution in [2.75, 3.05) is 20.8 Å². The molecule has 37 heavy (non-hydrogen) atoms. The van der Waals surface area contributed by atoms with Crippen LogP contribution in [0, 0.1) is 10.1 Å². The number of nitro benzene ring substituents is 1. The standard InChI is InChI=1S/C25H23N3O8S/c1-5-36-24(31)20-13(2)26-25-27(21(20)16-12-15(34-3)9-10-18(16)35-4)23(30)19(37-25)11-14-7-6-8-17(22(14)29)28(32)33/h6-12,21,29H,5H2,1-4H3. The van der Waals surface area contributed by atoms with Crippen LogP contribution >= 0.6 is 11.3 Å². The number of fused-ring (bicyclic) bond motifs is 1. The first-order valence-electron chi connectivity index (χ1n) is 11.1. The van der Waals surface area contributed by atoms with Crippen molar-refractivity contribution in [2.45, 2.75) is 19.9 Å². The molecule has 1 N–H and O–H groups in total. The molecule has 1 aromatic heterocycles. The predicted molar refractivity (Wildman–Crippen MR) is 135 cm³/mol.